The van der Waals surface area contributed by atoms with E-state index in [1.165, 1.54) is 29.4 Å². The molecule has 0 aliphatic heterocycles. The van der Waals surface area contributed by atoms with Crippen LogP contribution in [0.25, 0.3) is 11.1 Å². The maximum absolute atomic E-state index is 11.4. The van der Waals surface area contributed by atoms with Crippen molar-refractivity contribution in [1.82, 2.24) is 0 Å². The van der Waals surface area contributed by atoms with E-state index in [-0.39, 0.29) is 5.97 Å². The molecule has 0 atom stereocenters. The number of hydrogen-bond donors (Lipinski definition) is 0. The van der Waals surface area contributed by atoms with Gasteiger partial charge in [-0.1, -0.05) is 42.5 Å². The summed E-state index contributed by atoms with van der Waals surface area (Å²) in [6, 6.07) is 15.0. The molecule has 20 heavy (non-hydrogen) atoms. The second-order valence-corrected chi connectivity index (χ2v) is 5.26. The molecular weight excluding hydrogens is 248 g/mol. The van der Waals surface area contributed by atoms with E-state index >= 15 is 0 Å². The van der Waals surface area contributed by atoms with Gasteiger partial charge in [-0.3, -0.25) is 4.79 Å². The van der Waals surface area contributed by atoms with Crippen molar-refractivity contribution in [3.05, 3.63) is 59.2 Å². The lowest BCUT2D eigenvalue weighted by Crippen LogP contribution is -2.05. The number of benzene rings is 2. The minimum atomic E-state index is -0.182. The van der Waals surface area contributed by atoms with Crippen molar-refractivity contribution in [1.29, 1.82) is 0 Å². The highest BCUT2D eigenvalue weighted by Gasteiger charge is 2.14. The van der Waals surface area contributed by atoms with E-state index in [0.717, 1.165) is 24.8 Å². The Kier molecular flexibility index (Phi) is 3.55. The van der Waals surface area contributed by atoms with Gasteiger partial charge in [0, 0.05) is 0 Å². The van der Waals surface area contributed by atoms with E-state index in [1.54, 1.807) is 0 Å². The summed E-state index contributed by atoms with van der Waals surface area (Å²) in [6.45, 7) is 0. The first-order chi connectivity index (χ1) is 9.78. The van der Waals surface area contributed by atoms with Crippen LogP contribution in [0.4, 0.5) is 0 Å². The molecule has 0 unspecified atom stereocenters. The van der Waals surface area contributed by atoms with Gasteiger partial charge in [0.1, 0.15) is 0 Å². The number of fused-ring (bicyclic) bond motifs is 3. The molecule has 3 rings (SSSR count). The summed E-state index contributed by atoms with van der Waals surface area (Å²) < 4.78 is 4.74. The fourth-order valence-electron chi connectivity index (χ4n) is 2.94. The van der Waals surface area contributed by atoms with Crippen molar-refractivity contribution < 1.29 is 9.53 Å². The van der Waals surface area contributed by atoms with Crippen LogP contribution in [0.5, 0.6) is 0 Å². The van der Waals surface area contributed by atoms with Crippen LogP contribution in [-0.4, -0.2) is 13.1 Å². The summed E-state index contributed by atoms with van der Waals surface area (Å²) in [6.07, 6.45) is 3.70. The molecular formula is C18H18O2. The van der Waals surface area contributed by atoms with Crippen LogP contribution in [0.15, 0.2) is 42.5 Å². The predicted molar refractivity (Wildman–Crippen MR) is 79.6 cm³/mol. The molecule has 0 radical (unpaired) electrons. The maximum Gasteiger partial charge on any atom is 0.309 e. The molecule has 2 aromatic rings. The molecule has 0 heterocycles. The SMILES string of the molecule is COC(=O)Cc1ccc2c(c1)CCCc1ccccc1-2. The van der Waals surface area contributed by atoms with Gasteiger partial charge in [-0.2, -0.15) is 0 Å². The Morgan fingerprint density at radius 3 is 2.65 bits per heavy atom. The van der Waals surface area contributed by atoms with Crippen LogP contribution in [0, 0.1) is 0 Å². The van der Waals surface area contributed by atoms with Crippen molar-refractivity contribution in [2.45, 2.75) is 25.7 Å². The molecule has 0 aromatic heterocycles. The highest BCUT2D eigenvalue weighted by atomic mass is 16.5. The minimum Gasteiger partial charge on any atom is -0.469 e. The van der Waals surface area contributed by atoms with Gasteiger partial charge in [0.05, 0.1) is 13.5 Å². The molecule has 2 aromatic carbocycles. The van der Waals surface area contributed by atoms with E-state index in [9.17, 15) is 4.79 Å². The molecule has 0 bridgehead atoms. The average molecular weight is 266 g/mol. The number of hydrogen-bond acceptors (Lipinski definition) is 2. The Balaban J connectivity index is 2.01. The normalized spacial score (nSPS) is 13.1. The molecule has 0 spiro atoms. The van der Waals surface area contributed by atoms with E-state index < -0.39 is 0 Å². The van der Waals surface area contributed by atoms with Crippen molar-refractivity contribution in [2.24, 2.45) is 0 Å². The van der Waals surface area contributed by atoms with Crippen LogP contribution in [-0.2, 0) is 28.8 Å². The van der Waals surface area contributed by atoms with Crippen LogP contribution >= 0.6 is 0 Å². The number of carbonyl (C=O) groups excluding carboxylic acids is 1. The number of esters is 1. The molecule has 0 saturated carbocycles. The minimum absolute atomic E-state index is 0.182. The first-order valence-electron chi connectivity index (χ1n) is 7.05. The highest BCUT2D eigenvalue weighted by molar-refractivity contribution is 5.75. The molecule has 1 aliphatic rings. The van der Waals surface area contributed by atoms with E-state index in [1.807, 2.05) is 6.07 Å². The Morgan fingerprint density at radius 2 is 1.80 bits per heavy atom. The number of ether oxygens (including phenoxy) is 1. The van der Waals surface area contributed by atoms with Gasteiger partial charge in [-0.15, -0.1) is 0 Å². The lowest BCUT2D eigenvalue weighted by atomic mass is 9.94. The molecule has 102 valence electrons. The number of methoxy groups -OCH3 is 1. The first kappa shape index (κ1) is 12.9. The van der Waals surface area contributed by atoms with E-state index in [4.69, 9.17) is 4.74 Å². The summed E-state index contributed by atoms with van der Waals surface area (Å²) in [5.41, 5.74) is 6.45. The van der Waals surface area contributed by atoms with Crippen molar-refractivity contribution in [3.8, 4) is 11.1 Å². The highest BCUT2D eigenvalue weighted by Crippen LogP contribution is 2.32. The summed E-state index contributed by atoms with van der Waals surface area (Å²) >= 11 is 0. The second-order valence-electron chi connectivity index (χ2n) is 5.26. The zero-order valence-corrected chi connectivity index (χ0v) is 11.7. The third-order valence-electron chi connectivity index (χ3n) is 3.95. The van der Waals surface area contributed by atoms with Crippen LogP contribution in [0.1, 0.15) is 23.1 Å². The number of aryl methyl sites for hydroxylation is 2. The summed E-state index contributed by atoms with van der Waals surface area (Å²) in [7, 11) is 1.43. The molecule has 1 aliphatic carbocycles. The fraction of sp³-hybridized carbons (Fsp3) is 0.278. The zero-order valence-electron chi connectivity index (χ0n) is 11.7. The van der Waals surface area contributed by atoms with Gasteiger partial charge < -0.3 is 4.74 Å². The molecule has 2 heteroatoms. The molecule has 0 amide bonds. The number of carbonyl (C=O) groups is 1. The quantitative estimate of drug-likeness (QED) is 0.777. The van der Waals surface area contributed by atoms with Crippen LogP contribution < -0.4 is 0 Å². The summed E-state index contributed by atoms with van der Waals surface area (Å²) in [5.74, 6) is -0.182. The second kappa shape index (κ2) is 5.49. The summed E-state index contributed by atoms with van der Waals surface area (Å²) in [5, 5.41) is 0. The van der Waals surface area contributed by atoms with E-state index in [2.05, 4.69) is 36.4 Å². The first-order valence-corrected chi connectivity index (χ1v) is 7.05. The van der Waals surface area contributed by atoms with Gasteiger partial charge in [0.15, 0.2) is 0 Å². The van der Waals surface area contributed by atoms with Crippen molar-refractivity contribution in [3.63, 3.8) is 0 Å². The summed E-state index contributed by atoms with van der Waals surface area (Å²) in [4.78, 5) is 11.4. The van der Waals surface area contributed by atoms with Gasteiger partial charge in [-0.05, 0) is 47.1 Å². The fourth-order valence-corrected chi connectivity index (χ4v) is 2.94. The standard InChI is InChI=1S/C18H18O2/c1-20-18(19)12-13-9-10-17-15(11-13)7-4-6-14-5-2-3-8-16(14)17/h2-3,5,8-11H,4,6-7,12H2,1H3. The molecule has 0 N–H and O–H groups in total. The van der Waals surface area contributed by atoms with Gasteiger partial charge in [0.25, 0.3) is 0 Å². The van der Waals surface area contributed by atoms with Crippen LogP contribution in [0.2, 0.25) is 0 Å². The van der Waals surface area contributed by atoms with Gasteiger partial charge in [-0.25, -0.2) is 0 Å². The Labute approximate surface area is 119 Å². The molecule has 0 fully saturated rings. The van der Waals surface area contributed by atoms with Gasteiger partial charge in [0.2, 0.25) is 0 Å². The Morgan fingerprint density at radius 1 is 1.05 bits per heavy atom. The third-order valence-corrected chi connectivity index (χ3v) is 3.95. The number of rotatable bonds is 2. The average Bonchev–Trinajstić information content (AvgIpc) is 2.66. The lowest BCUT2D eigenvalue weighted by Gasteiger charge is -2.11. The van der Waals surface area contributed by atoms with Crippen LogP contribution in [0.3, 0.4) is 0 Å². The smallest absolute Gasteiger partial charge is 0.309 e. The van der Waals surface area contributed by atoms with Crippen molar-refractivity contribution >= 4 is 5.97 Å². The Hall–Kier alpha value is -2.09. The van der Waals surface area contributed by atoms with E-state index in [0.29, 0.717) is 6.42 Å². The molecule has 0 saturated heterocycles. The maximum atomic E-state index is 11.4. The van der Waals surface area contributed by atoms with Gasteiger partial charge >= 0.3 is 5.97 Å². The predicted octanol–water partition coefficient (Wildman–Crippen LogP) is 3.56. The van der Waals surface area contributed by atoms with Crippen molar-refractivity contribution in [2.75, 3.05) is 7.11 Å². The third kappa shape index (κ3) is 2.46. The zero-order chi connectivity index (χ0) is 13.9. The lowest BCUT2D eigenvalue weighted by molar-refractivity contribution is -0.139. The topological polar surface area (TPSA) is 26.3 Å². The Bertz CT molecular complexity index is 644. The molecule has 2 nitrogen and oxygen atoms in total. The largest absolute Gasteiger partial charge is 0.469 e. The monoisotopic (exact) mass is 266 g/mol.